The minimum absolute atomic E-state index is 0.114. The molecule has 0 spiro atoms. The molecule has 1 fully saturated rings. The van der Waals surface area contributed by atoms with Gasteiger partial charge in [0.05, 0.1) is 20.1 Å². The standard InChI is InChI=1S/C21H30N2O5/c1-4-18(24)23(17-9-7-6-8-10-17)21(20(26)27-3)12-15-22(16-13-21)14-11-19(25)28-5-2/h6-10H,4-5,11-16H2,1-3H3. The van der Waals surface area contributed by atoms with E-state index in [9.17, 15) is 14.4 Å². The molecule has 0 atom stereocenters. The molecule has 0 bridgehead atoms. The number of rotatable bonds is 8. The molecule has 1 saturated heterocycles. The molecule has 7 nitrogen and oxygen atoms in total. The summed E-state index contributed by atoms with van der Waals surface area (Å²) in [5.41, 5.74) is -0.344. The summed E-state index contributed by atoms with van der Waals surface area (Å²) in [4.78, 5) is 41.1. The molecule has 0 saturated carbocycles. The zero-order valence-electron chi connectivity index (χ0n) is 17.0. The first kappa shape index (κ1) is 21.9. The summed E-state index contributed by atoms with van der Waals surface area (Å²) >= 11 is 0. The van der Waals surface area contributed by atoms with Gasteiger partial charge in [-0.25, -0.2) is 4.79 Å². The van der Waals surface area contributed by atoms with Gasteiger partial charge in [-0.1, -0.05) is 25.1 Å². The number of piperidine rings is 1. The minimum atomic E-state index is -1.04. The van der Waals surface area contributed by atoms with E-state index in [-0.39, 0.29) is 11.9 Å². The lowest BCUT2D eigenvalue weighted by Gasteiger charge is -2.46. The molecule has 0 N–H and O–H groups in total. The van der Waals surface area contributed by atoms with Gasteiger partial charge in [0, 0.05) is 31.7 Å². The van der Waals surface area contributed by atoms with E-state index in [4.69, 9.17) is 9.47 Å². The van der Waals surface area contributed by atoms with Gasteiger partial charge >= 0.3 is 11.9 Å². The molecule has 7 heteroatoms. The zero-order chi connectivity index (χ0) is 20.6. The Morgan fingerprint density at radius 1 is 1.11 bits per heavy atom. The number of hydrogen-bond donors (Lipinski definition) is 0. The van der Waals surface area contributed by atoms with E-state index < -0.39 is 11.5 Å². The van der Waals surface area contributed by atoms with Gasteiger partial charge in [-0.2, -0.15) is 0 Å². The first-order chi connectivity index (χ1) is 13.5. The molecule has 1 amide bonds. The van der Waals surface area contributed by atoms with Crippen LogP contribution in [-0.2, 0) is 23.9 Å². The van der Waals surface area contributed by atoms with E-state index in [0.717, 1.165) is 0 Å². The summed E-state index contributed by atoms with van der Waals surface area (Å²) in [6.07, 6.45) is 1.50. The van der Waals surface area contributed by atoms with Crippen LogP contribution in [0.15, 0.2) is 30.3 Å². The van der Waals surface area contributed by atoms with Gasteiger partial charge in [-0.3, -0.25) is 14.5 Å². The predicted molar refractivity (Wildman–Crippen MR) is 106 cm³/mol. The summed E-state index contributed by atoms with van der Waals surface area (Å²) < 4.78 is 10.1. The van der Waals surface area contributed by atoms with Crippen molar-refractivity contribution < 1.29 is 23.9 Å². The molecule has 154 valence electrons. The van der Waals surface area contributed by atoms with Crippen LogP contribution < -0.4 is 4.90 Å². The highest BCUT2D eigenvalue weighted by molar-refractivity contribution is 6.02. The van der Waals surface area contributed by atoms with Crippen molar-refractivity contribution in [2.45, 2.75) is 45.1 Å². The Kier molecular flexibility index (Phi) is 7.99. The van der Waals surface area contributed by atoms with Crippen molar-refractivity contribution in [3.63, 3.8) is 0 Å². The quantitative estimate of drug-likeness (QED) is 0.635. The van der Waals surface area contributed by atoms with Crippen molar-refractivity contribution in [2.24, 2.45) is 0 Å². The Morgan fingerprint density at radius 3 is 2.29 bits per heavy atom. The number of hydrogen-bond acceptors (Lipinski definition) is 6. The van der Waals surface area contributed by atoms with Crippen molar-refractivity contribution >= 4 is 23.5 Å². The van der Waals surface area contributed by atoms with Crippen LogP contribution in [0.3, 0.4) is 0 Å². The highest BCUT2D eigenvalue weighted by atomic mass is 16.5. The van der Waals surface area contributed by atoms with Gasteiger partial charge in [-0.15, -0.1) is 0 Å². The monoisotopic (exact) mass is 390 g/mol. The Morgan fingerprint density at radius 2 is 1.75 bits per heavy atom. The molecule has 1 aliphatic heterocycles. The van der Waals surface area contributed by atoms with E-state index in [2.05, 4.69) is 4.90 Å². The third-order valence-corrected chi connectivity index (χ3v) is 5.18. The van der Waals surface area contributed by atoms with Crippen molar-refractivity contribution in [1.82, 2.24) is 4.90 Å². The molecule has 28 heavy (non-hydrogen) atoms. The number of amides is 1. The van der Waals surface area contributed by atoms with Crippen LogP contribution in [-0.4, -0.2) is 61.6 Å². The van der Waals surface area contributed by atoms with Crippen LogP contribution >= 0.6 is 0 Å². The van der Waals surface area contributed by atoms with Crippen molar-refractivity contribution in [1.29, 1.82) is 0 Å². The van der Waals surface area contributed by atoms with Crippen LogP contribution in [0.4, 0.5) is 5.69 Å². The lowest BCUT2D eigenvalue weighted by Crippen LogP contribution is -2.62. The van der Waals surface area contributed by atoms with Gasteiger partial charge in [0.15, 0.2) is 0 Å². The molecule has 0 aromatic heterocycles. The Bertz CT molecular complexity index is 669. The number of nitrogens with zero attached hydrogens (tertiary/aromatic N) is 2. The van der Waals surface area contributed by atoms with Crippen LogP contribution in [0.5, 0.6) is 0 Å². The number of benzene rings is 1. The largest absolute Gasteiger partial charge is 0.467 e. The van der Waals surface area contributed by atoms with E-state index >= 15 is 0 Å². The molecule has 0 unspecified atom stereocenters. The van der Waals surface area contributed by atoms with Crippen LogP contribution in [0.1, 0.15) is 39.5 Å². The summed E-state index contributed by atoms with van der Waals surface area (Å²) in [5.74, 6) is -0.737. The lowest BCUT2D eigenvalue weighted by atomic mass is 9.84. The number of anilines is 1. The highest BCUT2D eigenvalue weighted by Gasteiger charge is 2.49. The van der Waals surface area contributed by atoms with E-state index in [1.54, 1.807) is 18.7 Å². The van der Waals surface area contributed by atoms with Crippen LogP contribution in [0, 0.1) is 0 Å². The first-order valence-corrected chi connectivity index (χ1v) is 9.83. The fraction of sp³-hybridized carbons (Fsp3) is 0.571. The maximum Gasteiger partial charge on any atom is 0.332 e. The fourth-order valence-electron chi connectivity index (χ4n) is 3.70. The Hall–Kier alpha value is -2.41. The van der Waals surface area contributed by atoms with E-state index in [0.29, 0.717) is 57.6 Å². The number of para-hydroxylation sites is 1. The summed E-state index contributed by atoms with van der Waals surface area (Å²) in [6.45, 7) is 5.70. The van der Waals surface area contributed by atoms with Gasteiger partial charge < -0.3 is 14.4 Å². The summed E-state index contributed by atoms with van der Waals surface area (Å²) in [5, 5.41) is 0. The number of carbonyl (C=O) groups excluding carboxylic acids is 3. The molecule has 1 aromatic rings. The van der Waals surface area contributed by atoms with Gasteiger partial charge in [0.25, 0.3) is 0 Å². The second kappa shape index (κ2) is 10.2. The second-order valence-electron chi connectivity index (χ2n) is 6.84. The second-order valence-corrected chi connectivity index (χ2v) is 6.84. The maximum absolute atomic E-state index is 12.9. The summed E-state index contributed by atoms with van der Waals surface area (Å²) in [6, 6.07) is 9.26. The number of likely N-dealkylation sites (tertiary alicyclic amines) is 1. The van der Waals surface area contributed by atoms with Crippen molar-refractivity contribution in [3.8, 4) is 0 Å². The Balaban J connectivity index is 2.22. The molecule has 1 aliphatic rings. The van der Waals surface area contributed by atoms with E-state index in [1.165, 1.54) is 7.11 Å². The predicted octanol–water partition coefficient (Wildman–Crippen LogP) is 2.39. The number of carbonyl (C=O) groups is 3. The molecule has 1 heterocycles. The van der Waals surface area contributed by atoms with Crippen molar-refractivity contribution in [3.05, 3.63) is 30.3 Å². The molecule has 0 radical (unpaired) electrons. The molecule has 1 aromatic carbocycles. The molecular formula is C21H30N2O5. The average molecular weight is 390 g/mol. The lowest BCUT2D eigenvalue weighted by molar-refractivity contribution is -0.151. The zero-order valence-corrected chi connectivity index (χ0v) is 17.0. The number of esters is 2. The normalized spacial score (nSPS) is 16.2. The molecule has 2 rings (SSSR count). The number of ether oxygens (including phenoxy) is 2. The molecular weight excluding hydrogens is 360 g/mol. The summed E-state index contributed by atoms with van der Waals surface area (Å²) in [7, 11) is 1.36. The van der Waals surface area contributed by atoms with Crippen LogP contribution in [0.2, 0.25) is 0 Å². The maximum atomic E-state index is 12.9. The highest BCUT2D eigenvalue weighted by Crippen LogP contribution is 2.35. The Labute approximate surface area is 166 Å². The third-order valence-electron chi connectivity index (χ3n) is 5.18. The number of methoxy groups -OCH3 is 1. The smallest absolute Gasteiger partial charge is 0.332 e. The van der Waals surface area contributed by atoms with Gasteiger partial charge in [0.1, 0.15) is 5.54 Å². The third kappa shape index (κ3) is 4.90. The SMILES string of the molecule is CCOC(=O)CCN1CCC(C(=O)OC)(N(C(=O)CC)c2ccccc2)CC1. The molecule has 0 aliphatic carbocycles. The van der Waals surface area contributed by atoms with Crippen LogP contribution in [0.25, 0.3) is 0 Å². The first-order valence-electron chi connectivity index (χ1n) is 9.83. The van der Waals surface area contributed by atoms with Gasteiger partial charge in [-0.05, 0) is 31.9 Å². The minimum Gasteiger partial charge on any atom is -0.467 e. The van der Waals surface area contributed by atoms with Crippen molar-refractivity contribution in [2.75, 3.05) is 38.3 Å². The topological polar surface area (TPSA) is 76.2 Å². The fourth-order valence-corrected chi connectivity index (χ4v) is 3.70. The van der Waals surface area contributed by atoms with E-state index in [1.807, 2.05) is 30.3 Å². The van der Waals surface area contributed by atoms with Gasteiger partial charge in [0.2, 0.25) is 5.91 Å². The average Bonchev–Trinajstić information content (AvgIpc) is 2.73.